The number of carbonyl (C=O) groups is 1. The molecule has 0 aromatic heterocycles. The quantitative estimate of drug-likeness (QED) is 0.0272. The minimum absolute atomic E-state index is 0.0103. The molecule has 0 saturated carbocycles. The average molecular weight is 978 g/mol. The number of carbonyl (C=O) groups excluding carboxylic acids is 1. The minimum atomic E-state index is -4.61. The van der Waals surface area contributed by atoms with Crippen molar-refractivity contribution in [1.82, 2.24) is 5.32 Å². The number of aliphatic hydroxyl groups is 1. The van der Waals surface area contributed by atoms with Crippen molar-refractivity contribution in [3.8, 4) is 0 Å². The average Bonchev–Trinajstić information content (AvgIpc) is 3.30. The van der Waals surface area contributed by atoms with Gasteiger partial charge in [-0.25, -0.2) is 0 Å². The van der Waals surface area contributed by atoms with Gasteiger partial charge >= 0.3 is 0 Å². The Morgan fingerprint density at radius 3 is 1.19 bits per heavy atom. The van der Waals surface area contributed by atoms with Gasteiger partial charge in [-0.1, -0.05) is 242 Å². The number of phosphoric acid groups is 1. The molecule has 0 aromatic rings. The summed E-state index contributed by atoms with van der Waals surface area (Å²) in [7, 11) is 1.24. The SMILES string of the molecule is CCCCCCCCC/C=C\CCCCCCCCCC(=O)NC(COP(=O)([O-])OCC[N+](C)(C)C)C(O)/C=C/CC/C=C/CC/C=C/CCCCCCCCCCCCCCCCCCCC. The van der Waals surface area contributed by atoms with Gasteiger partial charge in [-0.2, -0.15) is 0 Å². The van der Waals surface area contributed by atoms with E-state index in [1.807, 2.05) is 27.2 Å². The number of aliphatic hydroxyl groups excluding tert-OH is 1. The lowest BCUT2D eigenvalue weighted by atomic mass is 10.0. The molecule has 400 valence electrons. The number of rotatable bonds is 53. The monoisotopic (exact) mass is 977 g/mol. The van der Waals surface area contributed by atoms with E-state index in [1.165, 1.54) is 205 Å². The maximum Gasteiger partial charge on any atom is 0.268 e. The Morgan fingerprint density at radius 2 is 0.824 bits per heavy atom. The number of amides is 1. The Labute approximate surface area is 422 Å². The minimum Gasteiger partial charge on any atom is -0.756 e. The predicted octanol–water partition coefficient (Wildman–Crippen LogP) is 16.9. The van der Waals surface area contributed by atoms with Crippen LogP contribution in [0.2, 0.25) is 0 Å². The van der Waals surface area contributed by atoms with Crippen LogP contribution in [0.5, 0.6) is 0 Å². The summed E-state index contributed by atoms with van der Waals surface area (Å²) in [6, 6.07) is -0.913. The first-order valence-corrected chi connectivity index (χ1v) is 30.5. The van der Waals surface area contributed by atoms with Crippen LogP contribution in [-0.4, -0.2) is 68.5 Å². The van der Waals surface area contributed by atoms with Gasteiger partial charge in [0, 0.05) is 6.42 Å². The van der Waals surface area contributed by atoms with Gasteiger partial charge in [0.2, 0.25) is 5.91 Å². The fourth-order valence-electron chi connectivity index (χ4n) is 8.42. The molecule has 0 spiro atoms. The maximum absolute atomic E-state index is 12.9. The van der Waals surface area contributed by atoms with E-state index in [1.54, 1.807) is 6.08 Å². The highest BCUT2D eigenvalue weighted by atomic mass is 31.2. The fourth-order valence-corrected chi connectivity index (χ4v) is 9.14. The molecule has 0 bridgehead atoms. The van der Waals surface area contributed by atoms with Gasteiger partial charge in [-0.3, -0.25) is 9.36 Å². The predicted molar refractivity (Wildman–Crippen MR) is 293 cm³/mol. The first-order valence-electron chi connectivity index (χ1n) is 29.0. The summed E-state index contributed by atoms with van der Waals surface area (Å²) in [6.45, 7) is 4.64. The molecule has 0 aliphatic carbocycles. The van der Waals surface area contributed by atoms with E-state index in [9.17, 15) is 19.4 Å². The van der Waals surface area contributed by atoms with Crippen LogP contribution in [0.15, 0.2) is 48.6 Å². The Hall–Kier alpha value is -1.54. The van der Waals surface area contributed by atoms with E-state index >= 15 is 0 Å². The molecular weight excluding hydrogens is 864 g/mol. The number of nitrogens with zero attached hydrogens (tertiary/aromatic N) is 1. The van der Waals surface area contributed by atoms with Crippen LogP contribution >= 0.6 is 7.82 Å². The summed E-state index contributed by atoms with van der Waals surface area (Å²) in [5, 5.41) is 13.9. The lowest BCUT2D eigenvalue weighted by molar-refractivity contribution is -0.870. The van der Waals surface area contributed by atoms with E-state index in [0.29, 0.717) is 17.4 Å². The largest absolute Gasteiger partial charge is 0.756 e. The molecular formula is C59H113N2O6P. The molecule has 3 unspecified atom stereocenters. The van der Waals surface area contributed by atoms with Crippen LogP contribution in [0.25, 0.3) is 0 Å². The zero-order chi connectivity index (χ0) is 49.9. The number of likely N-dealkylation sites (N-methyl/N-ethyl adjacent to an activating group) is 1. The Morgan fingerprint density at radius 1 is 0.500 bits per heavy atom. The number of quaternary nitrogens is 1. The zero-order valence-electron chi connectivity index (χ0n) is 45.6. The molecule has 0 radical (unpaired) electrons. The molecule has 8 nitrogen and oxygen atoms in total. The number of nitrogens with one attached hydrogen (secondary N) is 1. The number of hydrogen-bond acceptors (Lipinski definition) is 6. The van der Waals surface area contributed by atoms with Gasteiger partial charge in [0.1, 0.15) is 13.2 Å². The molecule has 0 aromatic carbocycles. The zero-order valence-corrected chi connectivity index (χ0v) is 46.5. The smallest absolute Gasteiger partial charge is 0.268 e. The third-order valence-corrected chi connectivity index (χ3v) is 14.0. The molecule has 0 saturated heterocycles. The van der Waals surface area contributed by atoms with Crippen molar-refractivity contribution < 1.29 is 32.9 Å². The maximum atomic E-state index is 12.9. The highest BCUT2D eigenvalue weighted by Gasteiger charge is 2.23. The summed E-state index contributed by atoms with van der Waals surface area (Å²) in [4.78, 5) is 25.5. The number of allylic oxidation sites excluding steroid dienone is 7. The number of phosphoric ester groups is 1. The van der Waals surface area contributed by atoms with E-state index in [-0.39, 0.29) is 12.5 Å². The molecule has 2 N–H and O–H groups in total. The van der Waals surface area contributed by atoms with Gasteiger partial charge in [-0.05, 0) is 70.6 Å². The molecule has 0 rings (SSSR count). The molecule has 0 fully saturated rings. The molecule has 3 atom stereocenters. The standard InChI is InChI=1S/C59H113N2O6P/c1-6-8-10-12-14-16-18-20-22-24-26-27-28-29-30-31-32-33-34-35-36-38-40-42-44-46-48-50-52-58(62)57(56-67-68(64,65)66-55-54-61(3,4)5)60-59(63)53-51-49-47-45-43-41-39-37-25-23-21-19-17-15-13-11-9-7-2/h23,25,35-36,42,44,50,52,57-58,62H,6-22,24,26-34,37-41,43,45-49,51,53-56H2,1-5H3,(H-,60,63,64,65)/b25-23-,36-35+,44-42+,52-50+. The first-order chi connectivity index (χ1) is 33.0. The van der Waals surface area contributed by atoms with E-state index in [0.717, 1.165) is 44.9 Å². The number of hydrogen-bond donors (Lipinski definition) is 2. The second-order valence-corrected chi connectivity index (χ2v) is 22.4. The molecule has 68 heavy (non-hydrogen) atoms. The van der Waals surface area contributed by atoms with Crippen molar-refractivity contribution in [3.63, 3.8) is 0 Å². The van der Waals surface area contributed by atoms with Crippen molar-refractivity contribution >= 4 is 13.7 Å². The second-order valence-electron chi connectivity index (χ2n) is 21.0. The van der Waals surface area contributed by atoms with Crippen molar-refractivity contribution in [2.75, 3.05) is 40.9 Å². The molecule has 0 aliphatic heterocycles. The normalized spacial score (nSPS) is 14.3. The van der Waals surface area contributed by atoms with E-state index in [2.05, 4.69) is 55.6 Å². The van der Waals surface area contributed by atoms with Crippen LogP contribution in [-0.2, 0) is 18.4 Å². The summed E-state index contributed by atoms with van der Waals surface area (Å²) in [5.41, 5.74) is 0. The van der Waals surface area contributed by atoms with Crippen molar-refractivity contribution in [2.24, 2.45) is 0 Å². The lowest BCUT2D eigenvalue weighted by Gasteiger charge is -2.29. The van der Waals surface area contributed by atoms with E-state index in [4.69, 9.17) is 9.05 Å². The van der Waals surface area contributed by atoms with E-state index < -0.39 is 26.6 Å². The van der Waals surface area contributed by atoms with Crippen LogP contribution < -0.4 is 10.2 Å². The second kappa shape index (κ2) is 50.4. The molecule has 9 heteroatoms. The Bertz CT molecular complexity index is 1250. The van der Waals surface area contributed by atoms with Crippen molar-refractivity contribution in [1.29, 1.82) is 0 Å². The third kappa shape index (κ3) is 52.3. The summed E-state index contributed by atoms with van der Waals surface area (Å²) >= 11 is 0. The van der Waals surface area contributed by atoms with Crippen LogP contribution in [0.4, 0.5) is 0 Å². The lowest BCUT2D eigenvalue weighted by Crippen LogP contribution is -2.45. The topological polar surface area (TPSA) is 108 Å². The van der Waals surface area contributed by atoms with Gasteiger partial charge in [0.15, 0.2) is 0 Å². The first kappa shape index (κ1) is 66.5. The number of unbranched alkanes of at least 4 members (excludes halogenated alkanes) is 34. The summed E-state index contributed by atoms with van der Waals surface area (Å²) in [6.07, 6.45) is 66.3. The van der Waals surface area contributed by atoms with Crippen LogP contribution in [0, 0.1) is 0 Å². The van der Waals surface area contributed by atoms with Crippen LogP contribution in [0.1, 0.15) is 271 Å². The fraction of sp³-hybridized carbons (Fsp3) is 0.847. The Balaban J connectivity index is 4.27. The molecule has 0 aliphatic rings. The Kier molecular flexibility index (Phi) is 49.3. The summed E-state index contributed by atoms with van der Waals surface area (Å²) in [5.74, 6) is -0.214. The van der Waals surface area contributed by atoms with Crippen molar-refractivity contribution in [2.45, 2.75) is 283 Å². The molecule has 0 heterocycles. The summed E-state index contributed by atoms with van der Waals surface area (Å²) < 4.78 is 23.3. The molecule has 1 amide bonds. The van der Waals surface area contributed by atoms with Gasteiger partial charge in [-0.15, -0.1) is 0 Å². The van der Waals surface area contributed by atoms with Crippen LogP contribution in [0.3, 0.4) is 0 Å². The third-order valence-electron chi connectivity index (χ3n) is 13.0. The van der Waals surface area contributed by atoms with Crippen molar-refractivity contribution in [3.05, 3.63) is 48.6 Å². The highest BCUT2D eigenvalue weighted by Crippen LogP contribution is 2.38. The van der Waals surface area contributed by atoms with Gasteiger partial charge in [0.25, 0.3) is 7.82 Å². The highest BCUT2D eigenvalue weighted by molar-refractivity contribution is 7.45. The van der Waals surface area contributed by atoms with Gasteiger partial charge in [0.05, 0.1) is 39.9 Å². The van der Waals surface area contributed by atoms with Gasteiger partial charge < -0.3 is 28.8 Å².